The molecule has 2 aromatic carbocycles. The zero-order valence-electron chi connectivity index (χ0n) is 11.9. The first-order valence-electron chi connectivity index (χ1n) is 6.56. The number of carbonyl (C=O) groups is 1. The van der Waals surface area contributed by atoms with E-state index < -0.39 is 0 Å². The van der Waals surface area contributed by atoms with Crippen LogP contribution in [0.2, 0.25) is 5.02 Å². The summed E-state index contributed by atoms with van der Waals surface area (Å²) in [6, 6.07) is 14.2. The van der Waals surface area contributed by atoms with Crippen molar-refractivity contribution in [2.75, 3.05) is 12.4 Å². The third kappa shape index (κ3) is 4.13. The van der Waals surface area contributed by atoms with Gasteiger partial charge in [-0.2, -0.15) is 0 Å². The molecule has 2 rings (SSSR count). The molecule has 0 saturated carbocycles. The first-order chi connectivity index (χ1) is 10.1. The molecule has 2 amide bonds. The molecule has 0 aliphatic heterocycles. The maximum atomic E-state index is 12.0. The molecule has 0 radical (unpaired) electrons. The van der Waals surface area contributed by atoms with Gasteiger partial charge < -0.3 is 15.4 Å². The van der Waals surface area contributed by atoms with Crippen molar-refractivity contribution < 1.29 is 9.53 Å². The standard InChI is InChI=1S/C16H17ClN2O2/c1-11(12-6-5-7-13(10-12)21-2)18-16(20)19-15-9-4-3-8-14(15)17/h3-11H,1-2H3,(H2,18,19,20). The highest BCUT2D eigenvalue weighted by Crippen LogP contribution is 2.21. The van der Waals surface area contributed by atoms with Crippen LogP contribution in [0, 0.1) is 0 Å². The fourth-order valence-electron chi connectivity index (χ4n) is 1.91. The van der Waals surface area contributed by atoms with Crippen LogP contribution >= 0.6 is 11.6 Å². The van der Waals surface area contributed by atoms with Crippen molar-refractivity contribution >= 4 is 23.3 Å². The number of ether oxygens (including phenoxy) is 1. The van der Waals surface area contributed by atoms with Gasteiger partial charge in [0, 0.05) is 0 Å². The number of rotatable bonds is 4. The molecule has 21 heavy (non-hydrogen) atoms. The van der Waals surface area contributed by atoms with Crippen molar-refractivity contribution in [2.24, 2.45) is 0 Å². The van der Waals surface area contributed by atoms with E-state index in [1.807, 2.05) is 43.3 Å². The number of hydrogen-bond acceptors (Lipinski definition) is 2. The number of para-hydroxylation sites is 1. The van der Waals surface area contributed by atoms with Crippen molar-refractivity contribution in [2.45, 2.75) is 13.0 Å². The van der Waals surface area contributed by atoms with Gasteiger partial charge in [-0.1, -0.05) is 35.9 Å². The third-order valence-corrected chi connectivity index (χ3v) is 3.39. The van der Waals surface area contributed by atoms with Crippen LogP contribution in [-0.4, -0.2) is 13.1 Å². The molecule has 110 valence electrons. The zero-order valence-corrected chi connectivity index (χ0v) is 12.6. The summed E-state index contributed by atoms with van der Waals surface area (Å²) >= 11 is 6.00. The molecule has 0 fully saturated rings. The molecule has 4 nitrogen and oxygen atoms in total. The summed E-state index contributed by atoms with van der Waals surface area (Å²) in [5.41, 5.74) is 1.54. The Morgan fingerprint density at radius 3 is 2.67 bits per heavy atom. The number of urea groups is 1. The van der Waals surface area contributed by atoms with Gasteiger partial charge >= 0.3 is 6.03 Å². The van der Waals surface area contributed by atoms with Crippen molar-refractivity contribution in [3.05, 3.63) is 59.1 Å². The van der Waals surface area contributed by atoms with Gasteiger partial charge in [0.25, 0.3) is 0 Å². The Kier molecular flexibility index (Phi) is 5.06. The van der Waals surface area contributed by atoms with E-state index in [4.69, 9.17) is 16.3 Å². The van der Waals surface area contributed by atoms with Crippen LogP contribution in [0.4, 0.5) is 10.5 Å². The van der Waals surface area contributed by atoms with Gasteiger partial charge in [-0.25, -0.2) is 4.79 Å². The van der Waals surface area contributed by atoms with Gasteiger partial charge in [0.2, 0.25) is 0 Å². The van der Waals surface area contributed by atoms with Crippen LogP contribution in [0.15, 0.2) is 48.5 Å². The molecule has 1 unspecified atom stereocenters. The van der Waals surface area contributed by atoms with Crippen LogP contribution in [0.5, 0.6) is 5.75 Å². The predicted octanol–water partition coefficient (Wildman–Crippen LogP) is 4.23. The monoisotopic (exact) mass is 304 g/mol. The molecule has 2 aromatic rings. The number of methoxy groups -OCH3 is 1. The van der Waals surface area contributed by atoms with E-state index in [2.05, 4.69) is 10.6 Å². The van der Waals surface area contributed by atoms with Crippen LogP contribution in [0.25, 0.3) is 0 Å². The third-order valence-electron chi connectivity index (χ3n) is 3.06. The molecule has 0 saturated heterocycles. The zero-order chi connectivity index (χ0) is 15.2. The Hall–Kier alpha value is -2.20. The summed E-state index contributed by atoms with van der Waals surface area (Å²) in [6.45, 7) is 1.90. The number of amides is 2. The van der Waals surface area contributed by atoms with Gasteiger partial charge in [-0.15, -0.1) is 0 Å². The molecule has 2 N–H and O–H groups in total. The minimum absolute atomic E-state index is 0.150. The summed E-state index contributed by atoms with van der Waals surface area (Å²) < 4.78 is 5.18. The molecule has 1 atom stereocenters. The molecule has 5 heteroatoms. The maximum absolute atomic E-state index is 12.0. The van der Waals surface area contributed by atoms with Crippen molar-refractivity contribution in [1.82, 2.24) is 5.32 Å². The number of benzene rings is 2. The number of carbonyl (C=O) groups excluding carboxylic acids is 1. The average molecular weight is 305 g/mol. The molecule has 0 aliphatic rings. The SMILES string of the molecule is COc1cccc(C(C)NC(=O)Nc2ccccc2Cl)c1. The van der Waals surface area contributed by atoms with Crippen molar-refractivity contribution in [3.8, 4) is 5.75 Å². The normalized spacial score (nSPS) is 11.6. The summed E-state index contributed by atoms with van der Waals surface area (Å²) in [5, 5.41) is 6.09. The van der Waals surface area contributed by atoms with Gasteiger partial charge in [0.1, 0.15) is 5.75 Å². The van der Waals surface area contributed by atoms with E-state index in [1.54, 1.807) is 19.2 Å². The first-order valence-corrected chi connectivity index (χ1v) is 6.94. The predicted molar refractivity (Wildman–Crippen MR) is 85.0 cm³/mol. The molecule has 0 bridgehead atoms. The summed E-state index contributed by atoms with van der Waals surface area (Å²) in [4.78, 5) is 12.0. The van der Waals surface area contributed by atoms with E-state index in [1.165, 1.54) is 0 Å². The number of anilines is 1. The van der Waals surface area contributed by atoms with Crippen LogP contribution in [0.1, 0.15) is 18.5 Å². The lowest BCUT2D eigenvalue weighted by molar-refractivity contribution is 0.249. The fraction of sp³-hybridized carbons (Fsp3) is 0.188. The Morgan fingerprint density at radius 1 is 1.19 bits per heavy atom. The summed E-state index contributed by atoms with van der Waals surface area (Å²) in [6.07, 6.45) is 0. The van der Waals surface area contributed by atoms with Crippen LogP contribution < -0.4 is 15.4 Å². The van der Waals surface area contributed by atoms with Crippen molar-refractivity contribution in [3.63, 3.8) is 0 Å². The van der Waals surface area contributed by atoms with Gasteiger partial charge in [-0.05, 0) is 36.8 Å². The van der Waals surface area contributed by atoms with Gasteiger partial charge in [0.05, 0.1) is 23.9 Å². The quantitative estimate of drug-likeness (QED) is 0.888. The minimum Gasteiger partial charge on any atom is -0.497 e. The molecule has 0 heterocycles. The highest BCUT2D eigenvalue weighted by molar-refractivity contribution is 6.33. The van der Waals surface area contributed by atoms with E-state index in [0.717, 1.165) is 11.3 Å². The molecular formula is C16H17ClN2O2. The topological polar surface area (TPSA) is 50.4 Å². The average Bonchev–Trinajstić information content (AvgIpc) is 2.49. The smallest absolute Gasteiger partial charge is 0.319 e. The minimum atomic E-state index is -0.307. The highest BCUT2D eigenvalue weighted by atomic mass is 35.5. The molecular weight excluding hydrogens is 288 g/mol. The number of nitrogens with one attached hydrogen (secondary N) is 2. The molecule has 0 aromatic heterocycles. The lowest BCUT2D eigenvalue weighted by Gasteiger charge is -2.16. The lowest BCUT2D eigenvalue weighted by Crippen LogP contribution is -2.31. The largest absolute Gasteiger partial charge is 0.497 e. The number of hydrogen-bond donors (Lipinski definition) is 2. The number of halogens is 1. The maximum Gasteiger partial charge on any atom is 0.319 e. The first kappa shape index (κ1) is 15.2. The second-order valence-electron chi connectivity index (χ2n) is 4.58. The van der Waals surface area contributed by atoms with Crippen LogP contribution in [-0.2, 0) is 0 Å². The lowest BCUT2D eigenvalue weighted by atomic mass is 10.1. The van der Waals surface area contributed by atoms with Gasteiger partial charge in [-0.3, -0.25) is 0 Å². The highest BCUT2D eigenvalue weighted by Gasteiger charge is 2.11. The Bertz CT molecular complexity index is 631. The second-order valence-corrected chi connectivity index (χ2v) is 4.98. The molecule has 0 aliphatic carbocycles. The van der Waals surface area contributed by atoms with E-state index in [9.17, 15) is 4.79 Å². The summed E-state index contributed by atoms with van der Waals surface area (Å²) in [5.74, 6) is 0.757. The molecule has 0 spiro atoms. The van der Waals surface area contributed by atoms with E-state index >= 15 is 0 Å². The van der Waals surface area contributed by atoms with Crippen LogP contribution in [0.3, 0.4) is 0 Å². The van der Waals surface area contributed by atoms with Gasteiger partial charge in [0.15, 0.2) is 0 Å². The Morgan fingerprint density at radius 2 is 1.95 bits per heavy atom. The second kappa shape index (κ2) is 6.99. The summed E-state index contributed by atoms with van der Waals surface area (Å²) in [7, 11) is 1.61. The van der Waals surface area contributed by atoms with E-state index in [0.29, 0.717) is 10.7 Å². The van der Waals surface area contributed by atoms with E-state index in [-0.39, 0.29) is 12.1 Å². The Labute approximate surface area is 129 Å². The fourth-order valence-corrected chi connectivity index (χ4v) is 2.09. The Balaban J connectivity index is 2.00. The van der Waals surface area contributed by atoms with Crippen molar-refractivity contribution in [1.29, 1.82) is 0 Å².